The zero-order chi connectivity index (χ0) is 14.1. The predicted molar refractivity (Wildman–Crippen MR) is 82.2 cm³/mol. The second-order valence-corrected chi connectivity index (χ2v) is 5.11. The molecule has 0 bridgehead atoms. The van der Waals surface area contributed by atoms with Crippen molar-refractivity contribution in [2.24, 2.45) is 0 Å². The molecule has 0 radical (unpaired) electrons. The first-order valence-electron chi connectivity index (χ1n) is 7.12. The summed E-state index contributed by atoms with van der Waals surface area (Å²) in [6.45, 7) is 3.85. The van der Waals surface area contributed by atoms with Gasteiger partial charge < -0.3 is 15.2 Å². The largest absolute Gasteiger partial charge is 0.345 e. The Labute approximate surface area is 122 Å². The lowest BCUT2D eigenvalue weighted by molar-refractivity contribution is 0.580. The molecule has 3 aromatic rings. The van der Waals surface area contributed by atoms with Crippen LogP contribution in [0.5, 0.6) is 0 Å². The Morgan fingerprint density at radius 3 is 2.86 bits per heavy atom. The van der Waals surface area contributed by atoms with E-state index in [0.717, 1.165) is 54.4 Å². The molecule has 1 aromatic carbocycles. The molecule has 1 fully saturated rings. The van der Waals surface area contributed by atoms with Gasteiger partial charge in [0.25, 0.3) is 0 Å². The first kappa shape index (κ1) is 12.3. The van der Waals surface area contributed by atoms with Crippen LogP contribution in [0.3, 0.4) is 0 Å². The standard InChI is InChI=1S/C15H16N6/c1-2-13-14(19-10-18-13)9-11(1)12-3-4-17-15(20-12)21-7-5-16-6-8-21/h1-4,9-10,16H,5-8H2,(H,18,19). The predicted octanol–water partition coefficient (Wildman–Crippen LogP) is 1.43. The number of piperazine rings is 1. The number of benzene rings is 1. The lowest BCUT2D eigenvalue weighted by Gasteiger charge is -2.27. The minimum absolute atomic E-state index is 0.804. The maximum atomic E-state index is 4.71. The zero-order valence-electron chi connectivity index (χ0n) is 11.6. The van der Waals surface area contributed by atoms with Crippen LogP contribution in [-0.4, -0.2) is 46.1 Å². The highest BCUT2D eigenvalue weighted by Gasteiger charge is 2.13. The molecule has 106 valence electrons. The van der Waals surface area contributed by atoms with E-state index < -0.39 is 0 Å². The Balaban J connectivity index is 1.70. The Morgan fingerprint density at radius 2 is 1.95 bits per heavy atom. The molecule has 6 heteroatoms. The van der Waals surface area contributed by atoms with Crippen molar-refractivity contribution in [1.29, 1.82) is 0 Å². The van der Waals surface area contributed by atoms with E-state index in [2.05, 4.69) is 31.2 Å². The third-order valence-electron chi connectivity index (χ3n) is 3.76. The van der Waals surface area contributed by atoms with Gasteiger partial charge >= 0.3 is 0 Å². The van der Waals surface area contributed by atoms with Gasteiger partial charge in [0, 0.05) is 37.9 Å². The van der Waals surface area contributed by atoms with Crippen LogP contribution in [0.1, 0.15) is 0 Å². The smallest absolute Gasteiger partial charge is 0.225 e. The number of imidazole rings is 1. The normalized spacial score (nSPS) is 15.5. The summed E-state index contributed by atoms with van der Waals surface area (Å²) in [5, 5.41) is 3.34. The van der Waals surface area contributed by atoms with E-state index >= 15 is 0 Å². The molecule has 4 rings (SSSR count). The summed E-state index contributed by atoms with van der Waals surface area (Å²) >= 11 is 0. The fraction of sp³-hybridized carbons (Fsp3) is 0.267. The van der Waals surface area contributed by atoms with Crippen molar-refractivity contribution in [3.8, 4) is 11.3 Å². The second kappa shape index (κ2) is 5.14. The molecule has 0 atom stereocenters. The van der Waals surface area contributed by atoms with Gasteiger partial charge in [-0.15, -0.1) is 0 Å². The Morgan fingerprint density at radius 1 is 1.05 bits per heavy atom. The maximum absolute atomic E-state index is 4.71. The van der Waals surface area contributed by atoms with Crippen molar-refractivity contribution >= 4 is 17.0 Å². The molecule has 6 nitrogen and oxygen atoms in total. The van der Waals surface area contributed by atoms with E-state index in [1.54, 1.807) is 6.33 Å². The molecule has 0 aliphatic carbocycles. The molecule has 0 saturated carbocycles. The van der Waals surface area contributed by atoms with Gasteiger partial charge in [-0.2, -0.15) is 0 Å². The molecule has 2 N–H and O–H groups in total. The number of aromatic nitrogens is 4. The summed E-state index contributed by atoms with van der Waals surface area (Å²) in [6.07, 6.45) is 3.54. The van der Waals surface area contributed by atoms with Crippen molar-refractivity contribution in [3.05, 3.63) is 36.8 Å². The van der Waals surface area contributed by atoms with Crippen LogP contribution < -0.4 is 10.2 Å². The second-order valence-electron chi connectivity index (χ2n) is 5.11. The van der Waals surface area contributed by atoms with Gasteiger partial charge in [0.1, 0.15) is 0 Å². The molecule has 3 heterocycles. The molecule has 0 amide bonds. The van der Waals surface area contributed by atoms with E-state index in [-0.39, 0.29) is 0 Å². The van der Waals surface area contributed by atoms with Gasteiger partial charge in [-0.3, -0.25) is 0 Å². The van der Waals surface area contributed by atoms with Crippen LogP contribution in [0, 0.1) is 0 Å². The van der Waals surface area contributed by atoms with Crippen LogP contribution in [0.25, 0.3) is 22.3 Å². The van der Waals surface area contributed by atoms with Gasteiger partial charge in [-0.05, 0) is 18.2 Å². The van der Waals surface area contributed by atoms with Crippen LogP contribution in [0.15, 0.2) is 36.8 Å². The zero-order valence-corrected chi connectivity index (χ0v) is 11.6. The van der Waals surface area contributed by atoms with E-state index in [9.17, 15) is 0 Å². The van der Waals surface area contributed by atoms with Crippen molar-refractivity contribution in [2.45, 2.75) is 0 Å². The number of rotatable bonds is 2. The highest BCUT2D eigenvalue weighted by atomic mass is 15.3. The summed E-state index contributed by atoms with van der Waals surface area (Å²) in [7, 11) is 0. The van der Waals surface area contributed by atoms with Gasteiger partial charge in [-0.25, -0.2) is 15.0 Å². The first-order chi connectivity index (χ1) is 10.4. The van der Waals surface area contributed by atoms with Gasteiger partial charge in [-0.1, -0.05) is 6.07 Å². The SMILES string of the molecule is c1cc(-c2ccc3nc[nH]c3c2)nc(N2CCNCC2)n1. The molecule has 21 heavy (non-hydrogen) atoms. The lowest BCUT2D eigenvalue weighted by Crippen LogP contribution is -2.44. The van der Waals surface area contributed by atoms with E-state index in [1.165, 1.54) is 0 Å². The van der Waals surface area contributed by atoms with Crippen LogP contribution in [0.4, 0.5) is 5.95 Å². The minimum Gasteiger partial charge on any atom is -0.345 e. The third-order valence-corrected chi connectivity index (χ3v) is 3.76. The summed E-state index contributed by atoms with van der Waals surface area (Å²) in [4.78, 5) is 18.7. The van der Waals surface area contributed by atoms with Crippen LogP contribution in [-0.2, 0) is 0 Å². The summed E-state index contributed by atoms with van der Waals surface area (Å²) in [6, 6.07) is 8.08. The summed E-state index contributed by atoms with van der Waals surface area (Å²) < 4.78 is 0. The molecule has 2 aromatic heterocycles. The average molecular weight is 280 g/mol. The summed E-state index contributed by atoms with van der Waals surface area (Å²) in [5.41, 5.74) is 4.01. The van der Waals surface area contributed by atoms with E-state index in [1.807, 2.05) is 24.4 Å². The van der Waals surface area contributed by atoms with Crippen LogP contribution in [0.2, 0.25) is 0 Å². The molecule has 1 aliphatic heterocycles. The van der Waals surface area contributed by atoms with Gasteiger partial charge in [0.2, 0.25) is 5.95 Å². The number of hydrogen-bond acceptors (Lipinski definition) is 5. The van der Waals surface area contributed by atoms with Gasteiger partial charge in [0.15, 0.2) is 0 Å². The molecular weight excluding hydrogens is 264 g/mol. The first-order valence-corrected chi connectivity index (χ1v) is 7.12. The number of aromatic amines is 1. The van der Waals surface area contributed by atoms with Crippen LogP contribution >= 0.6 is 0 Å². The van der Waals surface area contributed by atoms with Crippen molar-refractivity contribution in [3.63, 3.8) is 0 Å². The van der Waals surface area contributed by atoms with Crippen molar-refractivity contribution in [1.82, 2.24) is 25.3 Å². The molecule has 0 spiro atoms. The number of nitrogens with one attached hydrogen (secondary N) is 2. The Bertz CT molecular complexity index is 759. The number of hydrogen-bond donors (Lipinski definition) is 2. The maximum Gasteiger partial charge on any atom is 0.225 e. The van der Waals surface area contributed by atoms with E-state index in [4.69, 9.17) is 4.98 Å². The lowest BCUT2D eigenvalue weighted by atomic mass is 10.1. The monoisotopic (exact) mass is 280 g/mol. The Kier molecular flexibility index (Phi) is 3.01. The number of H-pyrrole nitrogens is 1. The number of fused-ring (bicyclic) bond motifs is 1. The average Bonchev–Trinajstić information content (AvgIpc) is 3.03. The molecular formula is C15H16N6. The molecule has 1 saturated heterocycles. The summed E-state index contributed by atoms with van der Waals surface area (Å²) in [5.74, 6) is 0.804. The Hall–Kier alpha value is -2.47. The van der Waals surface area contributed by atoms with Crippen molar-refractivity contribution < 1.29 is 0 Å². The third kappa shape index (κ3) is 2.34. The highest BCUT2D eigenvalue weighted by molar-refractivity contribution is 5.80. The highest BCUT2D eigenvalue weighted by Crippen LogP contribution is 2.22. The fourth-order valence-electron chi connectivity index (χ4n) is 2.62. The number of nitrogens with zero attached hydrogens (tertiary/aromatic N) is 4. The quantitative estimate of drug-likeness (QED) is 0.743. The minimum atomic E-state index is 0.804. The van der Waals surface area contributed by atoms with Crippen molar-refractivity contribution in [2.75, 3.05) is 31.1 Å². The fourth-order valence-corrected chi connectivity index (χ4v) is 2.62. The van der Waals surface area contributed by atoms with Gasteiger partial charge in [0.05, 0.1) is 23.1 Å². The molecule has 1 aliphatic rings. The van der Waals surface area contributed by atoms with E-state index in [0.29, 0.717) is 0 Å². The number of anilines is 1. The topological polar surface area (TPSA) is 69.7 Å². The molecule has 0 unspecified atom stereocenters.